The summed E-state index contributed by atoms with van der Waals surface area (Å²) in [6.45, 7) is 3.71. The number of halogens is 1. The van der Waals surface area contributed by atoms with Crippen molar-refractivity contribution >= 4 is 22.6 Å². The molecule has 0 heterocycles. The molecule has 0 fully saturated rings. The van der Waals surface area contributed by atoms with Crippen LogP contribution in [0.15, 0.2) is 5.11 Å². The zero-order valence-electron chi connectivity index (χ0n) is 5.95. The van der Waals surface area contributed by atoms with Crippen LogP contribution in [0.1, 0.15) is 13.8 Å². The van der Waals surface area contributed by atoms with E-state index in [4.69, 9.17) is 10.6 Å². The van der Waals surface area contributed by atoms with Crippen molar-refractivity contribution < 1.29 is 5.11 Å². The van der Waals surface area contributed by atoms with Crippen molar-refractivity contribution in [2.45, 2.75) is 23.3 Å². The predicted molar refractivity (Wildman–Crippen MR) is 48.1 cm³/mol. The van der Waals surface area contributed by atoms with E-state index >= 15 is 0 Å². The second kappa shape index (κ2) is 4.00. The zero-order valence-corrected chi connectivity index (χ0v) is 8.11. The van der Waals surface area contributed by atoms with E-state index in [1.165, 1.54) is 0 Å². The lowest BCUT2D eigenvalue weighted by Gasteiger charge is -2.21. The Labute approximate surface area is 73.4 Å². The lowest BCUT2D eigenvalue weighted by atomic mass is 10.1. The van der Waals surface area contributed by atoms with Gasteiger partial charge < -0.3 is 5.11 Å². The molecule has 1 unspecified atom stereocenters. The van der Waals surface area contributed by atoms with Crippen LogP contribution in [0.3, 0.4) is 0 Å². The molecule has 0 rings (SSSR count). The van der Waals surface area contributed by atoms with Crippen LogP contribution in [0, 0.1) is 0 Å². The van der Waals surface area contributed by atoms with Gasteiger partial charge in [-0.3, -0.25) is 0 Å². The molecule has 1 N–H and O–H groups in total. The molecule has 0 radical (unpaired) electrons. The van der Waals surface area contributed by atoms with Crippen molar-refractivity contribution in [3.63, 3.8) is 0 Å². The van der Waals surface area contributed by atoms with Crippen molar-refractivity contribution in [3.8, 4) is 0 Å². The molecule has 0 amide bonds. The fraction of sp³-hybridized carbons (Fsp3) is 1.00. The highest BCUT2D eigenvalue weighted by molar-refractivity contribution is 14.1. The van der Waals surface area contributed by atoms with Crippen LogP contribution in [0.25, 0.3) is 10.4 Å². The molecule has 4 nitrogen and oxygen atoms in total. The minimum Gasteiger partial charge on any atom is -0.396 e. The molecule has 10 heavy (non-hydrogen) atoms. The topological polar surface area (TPSA) is 69.0 Å². The zero-order chi connectivity index (χ0) is 8.20. The Kier molecular flexibility index (Phi) is 4.00. The monoisotopic (exact) mass is 255 g/mol. The summed E-state index contributed by atoms with van der Waals surface area (Å²) in [6.07, 6.45) is 0. The maximum Gasteiger partial charge on any atom is 0.0745 e. The summed E-state index contributed by atoms with van der Waals surface area (Å²) in [6, 6.07) is -0.335. The number of rotatable bonds is 3. The molecule has 0 aliphatic rings. The maximum atomic E-state index is 8.72. The summed E-state index contributed by atoms with van der Waals surface area (Å²) >= 11 is 2.14. The molecular formula is C5H10IN3O. The van der Waals surface area contributed by atoms with Crippen LogP contribution in [0.4, 0.5) is 0 Å². The van der Waals surface area contributed by atoms with Gasteiger partial charge in [-0.15, -0.1) is 0 Å². The fourth-order valence-corrected chi connectivity index (χ4v) is 0.775. The molecule has 0 bridgehead atoms. The Hall–Kier alpha value is -0.0000000000000000555. The van der Waals surface area contributed by atoms with E-state index in [9.17, 15) is 0 Å². The fourth-order valence-electron chi connectivity index (χ4n) is 0.453. The second-order valence-electron chi connectivity index (χ2n) is 2.47. The lowest BCUT2D eigenvalue weighted by Crippen LogP contribution is -2.30. The third-order valence-electron chi connectivity index (χ3n) is 1.16. The maximum absolute atomic E-state index is 8.72. The second-order valence-corrected chi connectivity index (χ2v) is 5.25. The average Bonchev–Trinajstić information content (AvgIpc) is 1.80. The van der Waals surface area contributed by atoms with Crippen molar-refractivity contribution in [3.05, 3.63) is 10.4 Å². The largest absolute Gasteiger partial charge is 0.396 e. The Morgan fingerprint density at radius 1 is 1.80 bits per heavy atom. The van der Waals surface area contributed by atoms with Gasteiger partial charge in [0.15, 0.2) is 0 Å². The molecule has 58 valence electrons. The number of aliphatic hydroxyl groups excluding tert-OH is 1. The third kappa shape index (κ3) is 3.24. The summed E-state index contributed by atoms with van der Waals surface area (Å²) in [5, 5.41) is 12.2. The average molecular weight is 255 g/mol. The molecule has 0 saturated carbocycles. The summed E-state index contributed by atoms with van der Waals surface area (Å²) in [7, 11) is 0. The van der Waals surface area contributed by atoms with Gasteiger partial charge in [-0.2, -0.15) is 0 Å². The highest BCUT2D eigenvalue weighted by atomic mass is 127. The van der Waals surface area contributed by atoms with Crippen LogP contribution in [0.2, 0.25) is 0 Å². The quantitative estimate of drug-likeness (QED) is 0.270. The lowest BCUT2D eigenvalue weighted by molar-refractivity contribution is 0.252. The summed E-state index contributed by atoms with van der Waals surface area (Å²) in [5.74, 6) is 0. The molecule has 0 aromatic heterocycles. The highest BCUT2D eigenvalue weighted by Crippen LogP contribution is 2.23. The summed E-state index contributed by atoms with van der Waals surface area (Å²) < 4.78 is -0.182. The van der Waals surface area contributed by atoms with Gasteiger partial charge in [0.05, 0.1) is 12.6 Å². The minimum atomic E-state index is -0.335. The summed E-state index contributed by atoms with van der Waals surface area (Å²) in [5.41, 5.74) is 8.07. The molecule has 0 aromatic rings. The van der Waals surface area contributed by atoms with E-state index in [-0.39, 0.29) is 16.1 Å². The van der Waals surface area contributed by atoms with Crippen molar-refractivity contribution in [2.75, 3.05) is 6.61 Å². The number of hydrogen-bond acceptors (Lipinski definition) is 2. The van der Waals surface area contributed by atoms with Crippen molar-refractivity contribution in [1.82, 2.24) is 0 Å². The van der Waals surface area contributed by atoms with Crippen LogP contribution < -0.4 is 0 Å². The molecule has 0 saturated heterocycles. The third-order valence-corrected chi connectivity index (χ3v) is 1.88. The Balaban J connectivity index is 4.20. The molecule has 1 atom stereocenters. The molecule has 0 spiro atoms. The van der Waals surface area contributed by atoms with E-state index in [2.05, 4.69) is 32.6 Å². The van der Waals surface area contributed by atoms with Crippen LogP contribution >= 0.6 is 22.6 Å². The van der Waals surface area contributed by atoms with E-state index < -0.39 is 0 Å². The van der Waals surface area contributed by atoms with Crippen molar-refractivity contribution in [1.29, 1.82) is 0 Å². The first-order valence-electron chi connectivity index (χ1n) is 2.86. The van der Waals surface area contributed by atoms with Gasteiger partial charge in [0.25, 0.3) is 0 Å². The molecule has 0 aliphatic carbocycles. The van der Waals surface area contributed by atoms with Crippen LogP contribution in [-0.4, -0.2) is 21.2 Å². The first-order valence-corrected chi connectivity index (χ1v) is 3.94. The van der Waals surface area contributed by atoms with E-state index in [1.807, 2.05) is 13.8 Å². The number of hydrogen-bond donors (Lipinski definition) is 1. The van der Waals surface area contributed by atoms with Gasteiger partial charge in [0.1, 0.15) is 0 Å². The van der Waals surface area contributed by atoms with Gasteiger partial charge in [0, 0.05) is 8.33 Å². The Bertz CT molecular complexity index is 147. The Morgan fingerprint density at radius 2 is 2.30 bits per heavy atom. The minimum absolute atomic E-state index is 0.0972. The standard InChI is InChI=1S/C5H10IN3O/c1-5(2,6)4(3-10)8-9-7/h4,10H,3H2,1-2H3. The number of nitrogens with zero attached hydrogens (tertiary/aromatic N) is 3. The van der Waals surface area contributed by atoms with E-state index in [0.717, 1.165) is 0 Å². The number of azide groups is 1. The Morgan fingerprint density at radius 3 is 2.40 bits per heavy atom. The molecule has 0 aliphatic heterocycles. The number of aliphatic hydroxyl groups is 1. The molecule has 5 heteroatoms. The number of alkyl halides is 1. The van der Waals surface area contributed by atoms with Crippen LogP contribution in [0.5, 0.6) is 0 Å². The van der Waals surface area contributed by atoms with Crippen LogP contribution in [-0.2, 0) is 0 Å². The SMILES string of the molecule is CC(C)(I)C(CO)N=[N+]=[N-]. The first kappa shape index (κ1) is 10.0. The van der Waals surface area contributed by atoms with E-state index in [0.29, 0.717) is 0 Å². The van der Waals surface area contributed by atoms with E-state index in [1.54, 1.807) is 0 Å². The van der Waals surface area contributed by atoms with Gasteiger partial charge in [-0.1, -0.05) is 41.6 Å². The predicted octanol–water partition coefficient (Wildman–Crippen LogP) is 1.87. The first-order chi connectivity index (χ1) is 4.52. The van der Waals surface area contributed by atoms with Gasteiger partial charge in [0.2, 0.25) is 0 Å². The van der Waals surface area contributed by atoms with Gasteiger partial charge >= 0.3 is 0 Å². The smallest absolute Gasteiger partial charge is 0.0745 e. The van der Waals surface area contributed by atoms with Crippen molar-refractivity contribution in [2.24, 2.45) is 5.11 Å². The van der Waals surface area contributed by atoms with Gasteiger partial charge in [-0.25, -0.2) is 0 Å². The molecular weight excluding hydrogens is 245 g/mol. The van der Waals surface area contributed by atoms with Gasteiger partial charge in [-0.05, 0) is 5.53 Å². The highest BCUT2D eigenvalue weighted by Gasteiger charge is 2.24. The molecule has 0 aromatic carbocycles. The normalized spacial score (nSPS) is 14.0. The summed E-state index contributed by atoms with van der Waals surface area (Å²) in [4.78, 5) is 2.63.